The molecule has 118 valence electrons. The number of guanidine groups is 1. The minimum atomic E-state index is 0. The summed E-state index contributed by atoms with van der Waals surface area (Å²) in [5, 5.41) is 6.88. The molecule has 0 aromatic heterocycles. The number of aliphatic imine (C=N–C) groups is 1. The second-order valence-corrected chi connectivity index (χ2v) is 5.26. The maximum atomic E-state index is 5.24. The van der Waals surface area contributed by atoms with E-state index in [0.29, 0.717) is 6.04 Å². The molecule has 0 bridgehead atoms. The number of rotatable bonds is 4. The lowest BCUT2D eigenvalue weighted by atomic mass is 9.96. The molecule has 1 aliphatic carbocycles. The summed E-state index contributed by atoms with van der Waals surface area (Å²) in [5.41, 5.74) is 1.19. The first-order valence-electron chi connectivity index (χ1n) is 7.42. The summed E-state index contributed by atoms with van der Waals surface area (Å²) in [6.07, 6.45) is 6.52. The molecule has 0 heterocycles. The van der Waals surface area contributed by atoms with Crippen LogP contribution in [-0.4, -0.2) is 26.2 Å². The van der Waals surface area contributed by atoms with Gasteiger partial charge < -0.3 is 15.4 Å². The standard InChI is InChI=1S/C16H25N3O.HI/c1-17-16(19-14-8-4-3-5-9-14)18-12-13-7-6-10-15(11-13)20-2;/h6-7,10-11,14H,3-5,8-9,12H2,1-2H3,(H2,17,18,19);1H. The molecule has 1 aliphatic rings. The Labute approximate surface area is 144 Å². The molecule has 0 atom stereocenters. The first-order valence-corrected chi connectivity index (χ1v) is 7.42. The van der Waals surface area contributed by atoms with Gasteiger partial charge in [-0.3, -0.25) is 4.99 Å². The average molecular weight is 403 g/mol. The van der Waals surface area contributed by atoms with Crippen molar-refractivity contribution in [1.29, 1.82) is 0 Å². The molecule has 0 unspecified atom stereocenters. The maximum absolute atomic E-state index is 5.24. The van der Waals surface area contributed by atoms with Crippen molar-refractivity contribution in [2.45, 2.75) is 44.7 Å². The van der Waals surface area contributed by atoms with Crippen LogP contribution in [0.2, 0.25) is 0 Å². The van der Waals surface area contributed by atoms with E-state index in [1.807, 2.05) is 25.2 Å². The van der Waals surface area contributed by atoms with E-state index in [1.54, 1.807) is 7.11 Å². The van der Waals surface area contributed by atoms with Gasteiger partial charge in [0, 0.05) is 19.6 Å². The lowest BCUT2D eigenvalue weighted by Crippen LogP contribution is -2.43. The van der Waals surface area contributed by atoms with Gasteiger partial charge >= 0.3 is 0 Å². The average Bonchev–Trinajstić information content (AvgIpc) is 2.52. The summed E-state index contributed by atoms with van der Waals surface area (Å²) in [4.78, 5) is 4.30. The Morgan fingerprint density at radius 3 is 2.71 bits per heavy atom. The van der Waals surface area contributed by atoms with Crippen LogP contribution in [0.15, 0.2) is 29.3 Å². The fourth-order valence-corrected chi connectivity index (χ4v) is 2.60. The van der Waals surface area contributed by atoms with E-state index in [-0.39, 0.29) is 24.0 Å². The third-order valence-corrected chi connectivity index (χ3v) is 3.76. The summed E-state index contributed by atoms with van der Waals surface area (Å²) in [6, 6.07) is 8.66. The smallest absolute Gasteiger partial charge is 0.191 e. The van der Waals surface area contributed by atoms with Gasteiger partial charge in [0.25, 0.3) is 0 Å². The zero-order valence-corrected chi connectivity index (χ0v) is 15.2. The second kappa shape index (κ2) is 9.87. The zero-order chi connectivity index (χ0) is 14.2. The lowest BCUT2D eigenvalue weighted by Gasteiger charge is -2.24. The molecule has 0 radical (unpaired) electrons. The predicted octanol–water partition coefficient (Wildman–Crippen LogP) is 3.31. The molecule has 0 spiro atoms. The van der Waals surface area contributed by atoms with Crippen LogP contribution in [0, 0.1) is 0 Å². The number of methoxy groups -OCH3 is 1. The third kappa shape index (κ3) is 6.11. The molecule has 1 aromatic carbocycles. The number of halogens is 1. The first-order chi connectivity index (χ1) is 9.81. The highest BCUT2D eigenvalue weighted by atomic mass is 127. The van der Waals surface area contributed by atoms with Crippen LogP contribution in [0.5, 0.6) is 5.75 Å². The number of hydrogen-bond donors (Lipinski definition) is 2. The Bertz CT molecular complexity index is 445. The Morgan fingerprint density at radius 2 is 2.05 bits per heavy atom. The number of nitrogens with zero attached hydrogens (tertiary/aromatic N) is 1. The van der Waals surface area contributed by atoms with E-state index in [1.165, 1.54) is 37.7 Å². The highest BCUT2D eigenvalue weighted by Gasteiger charge is 2.14. The van der Waals surface area contributed by atoms with E-state index < -0.39 is 0 Å². The summed E-state index contributed by atoms with van der Waals surface area (Å²) in [7, 11) is 3.51. The molecule has 2 rings (SSSR count). The van der Waals surface area contributed by atoms with Gasteiger partial charge in [-0.15, -0.1) is 24.0 Å². The molecular weight excluding hydrogens is 377 g/mol. The topological polar surface area (TPSA) is 45.7 Å². The van der Waals surface area contributed by atoms with Gasteiger partial charge in [0.15, 0.2) is 5.96 Å². The van der Waals surface area contributed by atoms with Crippen molar-refractivity contribution in [3.05, 3.63) is 29.8 Å². The zero-order valence-electron chi connectivity index (χ0n) is 12.9. The predicted molar refractivity (Wildman–Crippen MR) is 98.6 cm³/mol. The molecule has 0 amide bonds. The van der Waals surface area contributed by atoms with Crippen LogP contribution in [0.25, 0.3) is 0 Å². The van der Waals surface area contributed by atoms with Gasteiger partial charge in [0.1, 0.15) is 5.75 Å². The van der Waals surface area contributed by atoms with Crippen molar-refractivity contribution in [2.24, 2.45) is 4.99 Å². The Hall–Kier alpha value is -0.980. The largest absolute Gasteiger partial charge is 0.497 e. The lowest BCUT2D eigenvalue weighted by molar-refractivity contribution is 0.409. The van der Waals surface area contributed by atoms with Crippen molar-refractivity contribution >= 4 is 29.9 Å². The number of nitrogens with one attached hydrogen (secondary N) is 2. The second-order valence-electron chi connectivity index (χ2n) is 5.26. The minimum Gasteiger partial charge on any atom is -0.497 e. The molecule has 1 saturated carbocycles. The van der Waals surface area contributed by atoms with Crippen molar-refractivity contribution in [3.63, 3.8) is 0 Å². The monoisotopic (exact) mass is 403 g/mol. The van der Waals surface area contributed by atoms with Crippen LogP contribution in [0.4, 0.5) is 0 Å². The molecule has 21 heavy (non-hydrogen) atoms. The third-order valence-electron chi connectivity index (χ3n) is 3.76. The van der Waals surface area contributed by atoms with E-state index in [9.17, 15) is 0 Å². The highest BCUT2D eigenvalue weighted by Crippen LogP contribution is 2.17. The van der Waals surface area contributed by atoms with Gasteiger partial charge in [-0.25, -0.2) is 0 Å². The van der Waals surface area contributed by atoms with Gasteiger partial charge in [-0.05, 0) is 30.5 Å². The van der Waals surface area contributed by atoms with E-state index in [4.69, 9.17) is 4.74 Å². The Balaban J connectivity index is 0.00000220. The van der Waals surface area contributed by atoms with Gasteiger partial charge in [0.05, 0.1) is 7.11 Å². The summed E-state index contributed by atoms with van der Waals surface area (Å²) < 4.78 is 5.24. The van der Waals surface area contributed by atoms with E-state index in [0.717, 1.165) is 18.3 Å². The molecule has 2 N–H and O–H groups in total. The molecule has 1 aromatic rings. The Kier molecular flexibility index (Phi) is 8.49. The number of hydrogen-bond acceptors (Lipinski definition) is 2. The first kappa shape index (κ1) is 18.1. The number of benzene rings is 1. The van der Waals surface area contributed by atoms with Crippen LogP contribution in [-0.2, 0) is 6.54 Å². The van der Waals surface area contributed by atoms with Gasteiger partial charge in [-0.2, -0.15) is 0 Å². The van der Waals surface area contributed by atoms with Crippen molar-refractivity contribution in [2.75, 3.05) is 14.2 Å². The van der Waals surface area contributed by atoms with Crippen LogP contribution < -0.4 is 15.4 Å². The molecule has 5 heteroatoms. The van der Waals surface area contributed by atoms with Crippen LogP contribution in [0.3, 0.4) is 0 Å². The van der Waals surface area contributed by atoms with E-state index >= 15 is 0 Å². The van der Waals surface area contributed by atoms with Gasteiger partial charge in [0.2, 0.25) is 0 Å². The summed E-state index contributed by atoms with van der Waals surface area (Å²) >= 11 is 0. The molecule has 1 fully saturated rings. The normalized spacial score (nSPS) is 16.0. The van der Waals surface area contributed by atoms with E-state index in [2.05, 4.69) is 21.7 Å². The fourth-order valence-electron chi connectivity index (χ4n) is 2.60. The quantitative estimate of drug-likeness (QED) is 0.461. The summed E-state index contributed by atoms with van der Waals surface area (Å²) in [6.45, 7) is 0.754. The molecule has 4 nitrogen and oxygen atoms in total. The number of ether oxygens (including phenoxy) is 1. The van der Waals surface area contributed by atoms with Crippen LogP contribution >= 0.6 is 24.0 Å². The van der Waals surface area contributed by atoms with Crippen molar-refractivity contribution < 1.29 is 4.74 Å². The van der Waals surface area contributed by atoms with Crippen molar-refractivity contribution in [1.82, 2.24) is 10.6 Å². The molecular formula is C16H26IN3O. The van der Waals surface area contributed by atoms with Gasteiger partial charge in [-0.1, -0.05) is 31.4 Å². The fraction of sp³-hybridized carbons (Fsp3) is 0.562. The highest BCUT2D eigenvalue weighted by molar-refractivity contribution is 14.0. The Morgan fingerprint density at radius 1 is 1.29 bits per heavy atom. The van der Waals surface area contributed by atoms with Crippen LogP contribution in [0.1, 0.15) is 37.7 Å². The summed E-state index contributed by atoms with van der Waals surface area (Å²) in [5.74, 6) is 1.78. The molecule has 0 aliphatic heterocycles. The minimum absolute atomic E-state index is 0. The SMILES string of the molecule is CN=C(NCc1cccc(OC)c1)NC1CCCCC1.I. The maximum Gasteiger partial charge on any atom is 0.191 e. The van der Waals surface area contributed by atoms with Crippen molar-refractivity contribution in [3.8, 4) is 5.75 Å². The molecule has 0 saturated heterocycles.